The Morgan fingerprint density at radius 1 is 0.569 bits per heavy atom. The summed E-state index contributed by atoms with van der Waals surface area (Å²) in [7, 11) is 8.08. The Balaban J connectivity index is 0.802. The van der Waals surface area contributed by atoms with E-state index in [-0.39, 0.29) is 0 Å². The van der Waals surface area contributed by atoms with Gasteiger partial charge in [0.1, 0.15) is 10.7 Å². The van der Waals surface area contributed by atoms with Gasteiger partial charge in [0.15, 0.2) is 40.3 Å². The first-order valence-corrected chi connectivity index (χ1v) is 20.5. The Morgan fingerprint density at radius 3 is 1.79 bits per heavy atom. The topological polar surface area (TPSA) is 110 Å². The van der Waals surface area contributed by atoms with E-state index in [1.54, 1.807) is 46.9 Å². The van der Waals surface area contributed by atoms with Crippen LogP contribution in [-0.2, 0) is 0 Å². The van der Waals surface area contributed by atoms with E-state index in [9.17, 15) is 0 Å². The summed E-state index contributed by atoms with van der Waals surface area (Å²) in [4.78, 5) is 9.90. The summed E-state index contributed by atoms with van der Waals surface area (Å²) < 4.78 is 47.1. The van der Waals surface area contributed by atoms with Gasteiger partial charge in [-0.25, -0.2) is 4.98 Å². The number of ether oxygens (including phenoxy) is 7. The van der Waals surface area contributed by atoms with Crippen molar-refractivity contribution in [1.29, 1.82) is 0 Å². The third-order valence-electron chi connectivity index (χ3n) is 10.3. The average Bonchev–Trinajstić information content (AvgIpc) is 3.95. The first-order chi connectivity index (χ1) is 28.5. The van der Waals surface area contributed by atoms with Gasteiger partial charge in [0.25, 0.3) is 0 Å². The summed E-state index contributed by atoms with van der Waals surface area (Å²) in [5.41, 5.74) is 4.30. The van der Waals surface area contributed by atoms with Crippen LogP contribution in [0.3, 0.4) is 0 Å². The number of nitrogens with zero attached hydrogens (tertiary/aromatic N) is 4. The second kappa shape index (κ2) is 19.8. The molecule has 58 heavy (non-hydrogen) atoms. The molecule has 0 spiro atoms. The zero-order valence-corrected chi connectivity index (χ0v) is 34.8. The fourth-order valence-corrected chi connectivity index (χ4v) is 8.07. The van der Waals surface area contributed by atoms with Crippen LogP contribution in [0.5, 0.6) is 40.2 Å². The van der Waals surface area contributed by atoms with Gasteiger partial charge in [-0.3, -0.25) is 0 Å². The van der Waals surface area contributed by atoms with Gasteiger partial charge in [0.05, 0.1) is 59.0 Å². The minimum atomic E-state index is 0.518. The lowest BCUT2D eigenvalue weighted by molar-refractivity contribution is 0.126. The van der Waals surface area contributed by atoms with E-state index in [1.807, 2.05) is 66.7 Å². The maximum atomic E-state index is 6.23. The summed E-state index contributed by atoms with van der Waals surface area (Å²) in [5.74, 6) is 5.05. The van der Waals surface area contributed by atoms with Crippen LogP contribution in [-0.4, -0.2) is 108 Å². The van der Waals surface area contributed by atoms with Gasteiger partial charge in [-0.15, -0.1) is 11.3 Å². The number of hydrogen-bond acceptors (Lipinski definition) is 13. The summed E-state index contributed by atoms with van der Waals surface area (Å²) in [6.07, 6.45) is 4.09. The van der Waals surface area contributed by atoms with Crippen molar-refractivity contribution >= 4 is 21.6 Å². The van der Waals surface area contributed by atoms with E-state index in [2.05, 4.69) is 27.1 Å². The van der Waals surface area contributed by atoms with Gasteiger partial charge >= 0.3 is 0 Å². The third-order valence-corrected chi connectivity index (χ3v) is 11.4. The molecule has 6 aromatic rings. The molecule has 4 aromatic carbocycles. The molecule has 13 heteroatoms. The van der Waals surface area contributed by atoms with Gasteiger partial charge < -0.3 is 47.5 Å². The molecule has 12 nitrogen and oxygen atoms in total. The highest BCUT2D eigenvalue weighted by atomic mass is 32.1. The first-order valence-electron chi connectivity index (χ1n) is 19.7. The molecular weight excluding hydrogens is 757 g/mol. The Bertz CT molecular complexity index is 2190. The van der Waals surface area contributed by atoms with Crippen LogP contribution >= 0.6 is 11.3 Å². The number of methoxy groups -OCH3 is 5. The molecule has 0 bridgehead atoms. The van der Waals surface area contributed by atoms with Crippen molar-refractivity contribution in [3.8, 4) is 73.4 Å². The predicted molar refractivity (Wildman–Crippen MR) is 228 cm³/mol. The molecule has 0 aliphatic carbocycles. The molecule has 1 fully saturated rings. The Labute approximate surface area is 344 Å². The van der Waals surface area contributed by atoms with Crippen molar-refractivity contribution in [3.63, 3.8) is 0 Å². The number of thiazole rings is 1. The zero-order chi connectivity index (χ0) is 40.3. The minimum Gasteiger partial charge on any atom is -0.493 e. The molecule has 306 valence electrons. The number of fused-ring (bicyclic) bond motifs is 1. The molecule has 7 rings (SSSR count). The molecule has 1 aliphatic heterocycles. The Kier molecular flexibility index (Phi) is 13.9. The van der Waals surface area contributed by atoms with Gasteiger partial charge in [-0.1, -0.05) is 17.3 Å². The zero-order valence-electron chi connectivity index (χ0n) is 34.0. The normalized spacial score (nSPS) is 13.4. The highest BCUT2D eigenvalue weighted by Crippen LogP contribution is 2.42. The van der Waals surface area contributed by atoms with E-state index in [0.29, 0.717) is 53.4 Å². The summed E-state index contributed by atoms with van der Waals surface area (Å²) >= 11 is 1.69. The summed E-state index contributed by atoms with van der Waals surface area (Å²) in [6, 6.07) is 25.6. The Hall–Kier alpha value is -5.50. The Morgan fingerprint density at radius 2 is 1.16 bits per heavy atom. The number of benzene rings is 4. The van der Waals surface area contributed by atoms with Crippen LogP contribution in [0.15, 0.2) is 83.4 Å². The van der Waals surface area contributed by atoms with Gasteiger partial charge in [-0.2, -0.15) is 0 Å². The highest BCUT2D eigenvalue weighted by molar-refractivity contribution is 7.21. The van der Waals surface area contributed by atoms with Crippen molar-refractivity contribution in [2.24, 2.45) is 0 Å². The summed E-state index contributed by atoms with van der Waals surface area (Å²) in [5, 5.41) is 5.29. The molecule has 1 aliphatic rings. The van der Waals surface area contributed by atoms with Crippen LogP contribution in [0.4, 0.5) is 0 Å². The van der Waals surface area contributed by atoms with Crippen molar-refractivity contribution in [3.05, 3.63) is 78.9 Å². The van der Waals surface area contributed by atoms with Crippen molar-refractivity contribution in [2.45, 2.75) is 25.7 Å². The fraction of sp³-hybridized carbons (Fsp3) is 0.378. The van der Waals surface area contributed by atoms with E-state index >= 15 is 0 Å². The van der Waals surface area contributed by atoms with Crippen LogP contribution < -0.4 is 33.2 Å². The lowest BCUT2D eigenvalue weighted by Crippen LogP contribution is -2.46. The quantitative estimate of drug-likeness (QED) is 0.0687. The number of para-hydroxylation sites is 1. The largest absolute Gasteiger partial charge is 0.493 e. The van der Waals surface area contributed by atoms with Crippen LogP contribution in [0.25, 0.3) is 43.4 Å². The highest BCUT2D eigenvalue weighted by Gasteiger charge is 2.19. The predicted octanol–water partition coefficient (Wildman–Crippen LogP) is 8.96. The van der Waals surface area contributed by atoms with Gasteiger partial charge in [-0.05, 0) is 99.4 Å². The van der Waals surface area contributed by atoms with E-state index < -0.39 is 0 Å². The number of piperazine rings is 1. The number of unbranched alkanes of at least 4 members (excludes halogenated alkanes) is 2. The molecule has 0 amide bonds. The van der Waals surface area contributed by atoms with E-state index in [4.69, 9.17) is 42.7 Å². The molecule has 2 aromatic heterocycles. The number of aromatic nitrogens is 2. The van der Waals surface area contributed by atoms with Gasteiger partial charge in [0.2, 0.25) is 5.75 Å². The molecule has 0 atom stereocenters. The smallest absolute Gasteiger partial charge is 0.203 e. The fourth-order valence-electron chi connectivity index (χ4n) is 7.11. The second-order valence-corrected chi connectivity index (χ2v) is 15.0. The summed E-state index contributed by atoms with van der Waals surface area (Å²) in [6.45, 7) is 7.74. The maximum Gasteiger partial charge on any atom is 0.203 e. The van der Waals surface area contributed by atoms with Gasteiger partial charge in [0, 0.05) is 48.9 Å². The van der Waals surface area contributed by atoms with Crippen LogP contribution in [0.2, 0.25) is 0 Å². The lowest BCUT2D eigenvalue weighted by Gasteiger charge is -2.34. The van der Waals surface area contributed by atoms with E-state index in [1.165, 1.54) is 4.70 Å². The number of hydrogen-bond donors (Lipinski definition) is 0. The van der Waals surface area contributed by atoms with Crippen LogP contribution in [0, 0.1) is 0 Å². The molecular formula is C45H52N4O8S. The molecule has 0 N–H and O–H groups in total. The average molecular weight is 809 g/mol. The maximum absolute atomic E-state index is 6.23. The van der Waals surface area contributed by atoms with E-state index in [0.717, 1.165) is 104 Å². The minimum absolute atomic E-state index is 0.518. The molecule has 0 unspecified atom stereocenters. The lowest BCUT2D eigenvalue weighted by atomic mass is 10.1. The second-order valence-electron chi connectivity index (χ2n) is 14.0. The third kappa shape index (κ3) is 9.78. The molecule has 3 heterocycles. The monoisotopic (exact) mass is 808 g/mol. The van der Waals surface area contributed by atoms with Crippen molar-refractivity contribution in [2.75, 3.05) is 88.0 Å². The standard InChI is InChI=1S/C45H52N4O8S/c1-50-36-16-14-31(38-30-35(47-57-38)33-28-41(52-3)44(54-5)42(29-33)53-4)26-40(36)56-25-11-9-19-49-22-20-48(21-23-49)18-8-10-24-55-37-17-15-32(27-39(37)51-2)45-46-34-12-6-7-13-43(34)58-45/h6-7,12-17,26-30H,8-11,18-25H2,1-5H3. The van der Waals surface area contributed by atoms with Crippen LogP contribution in [0.1, 0.15) is 25.7 Å². The van der Waals surface area contributed by atoms with Crippen molar-refractivity contribution < 1.29 is 37.7 Å². The molecule has 0 radical (unpaired) electrons. The van der Waals surface area contributed by atoms with Crippen molar-refractivity contribution in [1.82, 2.24) is 19.9 Å². The number of rotatable bonds is 20. The first kappa shape index (κ1) is 40.7. The molecule has 1 saturated heterocycles. The molecule has 0 saturated carbocycles. The SMILES string of the molecule is COc1cc(-c2nc3ccccc3s2)ccc1OCCCCN1CCN(CCCCOc2cc(-c3cc(-c4cc(OC)c(OC)c(OC)c4)no3)ccc2OC)CC1.